The van der Waals surface area contributed by atoms with Gasteiger partial charge >= 0.3 is 0 Å². The molecule has 5 nitrogen and oxygen atoms in total. The van der Waals surface area contributed by atoms with Gasteiger partial charge in [0.2, 0.25) is 0 Å². The average molecular weight is 314 g/mol. The molecule has 0 aliphatic carbocycles. The van der Waals surface area contributed by atoms with Crippen molar-refractivity contribution in [2.45, 2.75) is 25.8 Å². The van der Waals surface area contributed by atoms with Crippen molar-refractivity contribution in [2.75, 3.05) is 42.8 Å². The second-order valence-electron chi connectivity index (χ2n) is 5.07. The van der Waals surface area contributed by atoms with E-state index in [-0.39, 0.29) is 5.91 Å². The van der Waals surface area contributed by atoms with Gasteiger partial charge in [0.1, 0.15) is 10.7 Å². The van der Waals surface area contributed by atoms with Crippen molar-refractivity contribution in [1.29, 1.82) is 0 Å². The first-order valence-electron chi connectivity index (χ1n) is 6.87. The van der Waals surface area contributed by atoms with Gasteiger partial charge in [0.05, 0.1) is 0 Å². The molecule has 2 N–H and O–H groups in total. The summed E-state index contributed by atoms with van der Waals surface area (Å²) in [6.07, 6.45) is 2.10. The number of nitrogens with zero attached hydrogens (tertiary/aromatic N) is 3. The molecule has 1 amide bonds. The second-order valence-corrected chi connectivity index (χ2v) is 7.19. The minimum absolute atomic E-state index is 0.00338. The van der Waals surface area contributed by atoms with Crippen LogP contribution >= 0.6 is 23.1 Å². The van der Waals surface area contributed by atoms with E-state index < -0.39 is 0 Å². The number of carbonyl (C=O) groups is 1. The number of carbonyl (C=O) groups excluding carboxylic acids is 1. The van der Waals surface area contributed by atoms with Gasteiger partial charge in [-0.15, -0.1) is 0 Å². The van der Waals surface area contributed by atoms with Crippen LogP contribution < -0.4 is 10.6 Å². The van der Waals surface area contributed by atoms with Gasteiger partial charge in [0.15, 0.2) is 5.13 Å². The number of aromatic nitrogens is 1. The fourth-order valence-electron chi connectivity index (χ4n) is 2.22. The molecule has 1 aromatic heterocycles. The molecule has 1 saturated heterocycles. The molecule has 0 saturated carbocycles. The lowest BCUT2D eigenvalue weighted by atomic mass is 10.2. The Morgan fingerprint density at radius 3 is 2.85 bits per heavy atom. The Kier molecular flexibility index (Phi) is 5.15. The Morgan fingerprint density at radius 1 is 1.50 bits per heavy atom. The highest BCUT2D eigenvalue weighted by Gasteiger charge is 2.28. The van der Waals surface area contributed by atoms with Gasteiger partial charge in [0.25, 0.3) is 5.91 Å². The van der Waals surface area contributed by atoms with Crippen LogP contribution in [0.4, 0.5) is 10.9 Å². The van der Waals surface area contributed by atoms with Crippen LogP contribution in [0.1, 0.15) is 29.4 Å². The van der Waals surface area contributed by atoms with Gasteiger partial charge in [-0.2, -0.15) is 11.8 Å². The van der Waals surface area contributed by atoms with Crippen LogP contribution in [0.15, 0.2) is 0 Å². The smallest absolute Gasteiger partial charge is 0.267 e. The summed E-state index contributed by atoms with van der Waals surface area (Å²) in [5, 5.41) is 0.821. The fraction of sp³-hybridized carbons (Fsp3) is 0.692. The van der Waals surface area contributed by atoms with E-state index in [0.29, 0.717) is 16.7 Å². The van der Waals surface area contributed by atoms with Crippen LogP contribution in [0.5, 0.6) is 0 Å². The van der Waals surface area contributed by atoms with Gasteiger partial charge in [-0.3, -0.25) is 4.79 Å². The van der Waals surface area contributed by atoms with E-state index in [9.17, 15) is 4.79 Å². The van der Waals surface area contributed by atoms with E-state index in [4.69, 9.17) is 5.73 Å². The molecule has 2 rings (SSSR count). The first-order chi connectivity index (χ1) is 9.54. The maximum Gasteiger partial charge on any atom is 0.267 e. The van der Waals surface area contributed by atoms with Gasteiger partial charge in [-0.05, 0) is 18.6 Å². The molecule has 1 fully saturated rings. The van der Waals surface area contributed by atoms with Crippen molar-refractivity contribution >= 4 is 40.0 Å². The number of hydrogen-bond acceptors (Lipinski definition) is 6. The van der Waals surface area contributed by atoms with Gasteiger partial charge in [-0.25, -0.2) is 4.98 Å². The van der Waals surface area contributed by atoms with Crippen LogP contribution in [0.2, 0.25) is 0 Å². The monoisotopic (exact) mass is 314 g/mol. The van der Waals surface area contributed by atoms with Crippen molar-refractivity contribution < 1.29 is 4.79 Å². The summed E-state index contributed by atoms with van der Waals surface area (Å²) in [5.74, 6) is 2.51. The number of rotatable bonds is 5. The summed E-state index contributed by atoms with van der Waals surface area (Å²) in [6.45, 7) is 3.03. The molecule has 0 aromatic carbocycles. The molecule has 7 heteroatoms. The predicted molar refractivity (Wildman–Crippen MR) is 87.9 cm³/mol. The number of hydrogen-bond donors (Lipinski definition) is 1. The van der Waals surface area contributed by atoms with E-state index in [1.54, 1.807) is 0 Å². The third-order valence-corrected chi connectivity index (χ3v) is 5.81. The molecule has 20 heavy (non-hydrogen) atoms. The van der Waals surface area contributed by atoms with Crippen molar-refractivity contribution in [1.82, 2.24) is 9.88 Å². The average Bonchev–Trinajstić information content (AvgIpc) is 3.06. The summed E-state index contributed by atoms with van der Waals surface area (Å²) >= 11 is 3.29. The summed E-state index contributed by atoms with van der Waals surface area (Å²) in [7, 11) is 3.85. The molecular formula is C13H22N4OS2. The third-order valence-electron chi connectivity index (χ3n) is 3.50. The predicted octanol–water partition coefficient (Wildman–Crippen LogP) is 2.15. The number of nitrogen functional groups attached to an aromatic ring is 1. The molecule has 0 bridgehead atoms. The van der Waals surface area contributed by atoms with E-state index in [2.05, 4.69) is 11.9 Å². The first kappa shape index (κ1) is 15.4. The number of nitrogens with two attached hydrogens (primary N) is 1. The third kappa shape index (κ3) is 3.20. The number of amides is 1. The molecule has 2 heterocycles. The lowest BCUT2D eigenvalue weighted by Gasteiger charge is -2.23. The molecule has 112 valence electrons. The number of thioether (sulfide) groups is 1. The Hall–Kier alpha value is -0.950. The molecule has 1 unspecified atom stereocenters. The maximum atomic E-state index is 12.5. The highest BCUT2D eigenvalue weighted by molar-refractivity contribution is 7.99. The normalized spacial score (nSPS) is 18.2. The largest absolute Gasteiger partial charge is 0.382 e. The summed E-state index contributed by atoms with van der Waals surface area (Å²) in [4.78, 5) is 21.3. The molecule has 1 aromatic rings. The van der Waals surface area contributed by atoms with Crippen molar-refractivity contribution in [3.05, 3.63) is 4.88 Å². The lowest BCUT2D eigenvalue weighted by molar-refractivity contribution is 0.0753. The first-order valence-corrected chi connectivity index (χ1v) is 8.84. The van der Waals surface area contributed by atoms with Gasteiger partial charge < -0.3 is 15.5 Å². The van der Waals surface area contributed by atoms with Gasteiger partial charge in [-0.1, -0.05) is 18.3 Å². The molecular weight excluding hydrogens is 292 g/mol. The zero-order valence-corrected chi connectivity index (χ0v) is 13.9. The van der Waals surface area contributed by atoms with Crippen LogP contribution in [0.3, 0.4) is 0 Å². The summed E-state index contributed by atoms with van der Waals surface area (Å²) in [6, 6.07) is 0.325. The van der Waals surface area contributed by atoms with Crippen molar-refractivity contribution in [3.63, 3.8) is 0 Å². The number of thiazole rings is 1. The highest BCUT2D eigenvalue weighted by atomic mass is 32.2. The molecule has 0 spiro atoms. The van der Waals surface area contributed by atoms with Crippen molar-refractivity contribution in [3.8, 4) is 0 Å². The van der Waals surface area contributed by atoms with Crippen LogP contribution in [0.25, 0.3) is 0 Å². The van der Waals surface area contributed by atoms with Gasteiger partial charge in [0, 0.05) is 32.4 Å². The van der Waals surface area contributed by atoms with E-state index in [1.807, 2.05) is 35.7 Å². The molecule has 1 aliphatic heterocycles. The molecule has 0 radical (unpaired) electrons. The molecule has 1 aliphatic rings. The van der Waals surface area contributed by atoms with Crippen LogP contribution in [-0.2, 0) is 0 Å². The van der Waals surface area contributed by atoms with Crippen molar-refractivity contribution in [2.24, 2.45) is 0 Å². The summed E-state index contributed by atoms with van der Waals surface area (Å²) < 4.78 is 0. The topological polar surface area (TPSA) is 62.5 Å². The van der Waals surface area contributed by atoms with E-state index >= 15 is 0 Å². The SMILES string of the molecule is CCCN(C)c1nc(N)c(C(=O)N(C)C2CCSC2)s1. The fourth-order valence-corrected chi connectivity index (χ4v) is 4.44. The molecule has 1 atom stereocenters. The Morgan fingerprint density at radius 2 is 2.25 bits per heavy atom. The minimum Gasteiger partial charge on any atom is -0.382 e. The Labute approximate surface area is 128 Å². The maximum absolute atomic E-state index is 12.5. The highest BCUT2D eigenvalue weighted by Crippen LogP contribution is 2.30. The Bertz CT molecular complexity index is 471. The number of anilines is 2. The quantitative estimate of drug-likeness (QED) is 0.902. The zero-order chi connectivity index (χ0) is 14.7. The van der Waals surface area contributed by atoms with Crippen LogP contribution in [-0.4, -0.2) is 54.0 Å². The zero-order valence-electron chi connectivity index (χ0n) is 12.3. The standard InChI is InChI=1S/C13H22N4OS2/c1-4-6-16(2)13-15-11(14)10(20-13)12(18)17(3)9-5-7-19-8-9/h9H,4-8,14H2,1-3H3. The minimum atomic E-state index is 0.00338. The lowest BCUT2D eigenvalue weighted by Crippen LogP contribution is -2.36. The van der Waals surface area contributed by atoms with E-state index in [1.165, 1.54) is 11.3 Å². The second kappa shape index (κ2) is 6.67. The Balaban J connectivity index is 2.13. The summed E-state index contributed by atoms with van der Waals surface area (Å²) in [5.41, 5.74) is 5.93. The van der Waals surface area contributed by atoms with E-state index in [0.717, 1.165) is 36.0 Å². The van der Waals surface area contributed by atoms with Crippen LogP contribution in [0, 0.1) is 0 Å².